The number of aryl methyl sites for hydroxylation is 1. The first-order chi connectivity index (χ1) is 12.0. The van der Waals surface area contributed by atoms with E-state index in [1.54, 1.807) is 0 Å². The number of aromatic nitrogens is 1. The van der Waals surface area contributed by atoms with Gasteiger partial charge in [-0.15, -0.1) is 0 Å². The molecule has 0 amide bonds. The molecule has 0 aliphatic rings. The Hall–Kier alpha value is -2.51. The molecule has 0 saturated carbocycles. The number of nitrogens with two attached hydrogens (primary N) is 2. The third kappa shape index (κ3) is 3.62. The molecule has 3 aromatic rings. The monoisotopic (exact) mass is 369 g/mol. The molecule has 0 radical (unpaired) electrons. The molecule has 25 heavy (non-hydrogen) atoms. The van der Waals surface area contributed by atoms with Gasteiger partial charge in [-0.2, -0.15) is 0 Å². The summed E-state index contributed by atoms with van der Waals surface area (Å²) >= 11 is 9.83. The molecular formula is C18H19N5S2. The van der Waals surface area contributed by atoms with E-state index in [0.29, 0.717) is 13.1 Å². The zero-order valence-electron chi connectivity index (χ0n) is 13.8. The normalized spacial score (nSPS) is 10.8. The van der Waals surface area contributed by atoms with E-state index < -0.39 is 0 Å². The minimum atomic E-state index is 0.274. The van der Waals surface area contributed by atoms with E-state index in [9.17, 15) is 0 Å². The van der Waals surface area contributed by atoms with Crippen molar-refractivity contribution in [2.75, 3.05) is 0 Å². The fourth-order valence-corrected chi connectivity index (χ4v) is 3.10. The molecule has 2 aromatic carbocycles. The zero-order chi connectivity index (χ0) is 18.0. The van der Waals surface area contributed by atoms with Crippen molar-refractivity contribution < 1.29 is 0 Å². The summed E-state index contributed by atoms with van der Waals surface area (Å²) in [5.41, 5.74) is 16.3. The van der Waals surface area contributed by atoms with Crippen molar-refractivity contribution >= 4 is 56.5 Å². The van der Waals surface area contributed by atoms with Crippen LogP contribution in [0.2, 0.25) is 0 Å². The second kappa shape index (κ2) is 7.16. The summed E-state index contributed by atoms with van der Waals surface area (Å²) in [4.78, 5) is 4.95. The second-order valence-corrected chi connectivity index (χ2v) is 6.68. The first kappa shape index (κ1) is 17.3. The molecule has 0 fully saturated rings. The summed E-state index contributed by atoms with van der Waals surface area (Å²) in [6.07, 6.45) is 0. The molecule has 0 spiro atoms. The van der Waals surface area contributed by atoms with Crippen LogP contribution >= 0.6 is 24.4 Å². The smallest absolute Gasteiger partial charge is 0.163 e. The molecule has 0 aliphatic carbocycles. The Labute approximate surface area is 156 Å². The number of thiocarbonyl (C=S) groups is 2. The maximum Gasteiger partial charge on any atom is 0.163 e. The van der Waals surface area contributed by atoms with Crippen LogP contribution < -0.4 is 22.1 Å². The first-order valence-corrected chi connectivity index (χ1v) is 8.65. The van der Waals surface area contributed by atoms with E-state index in [-0.39, 0.29) is 10.2 Å². The van der Waals surface area contributed by atoms with Crippen molar-refractivity contribution in [3.63, 3.8) is 0 Å². The molecule has 0 bridgehead atoms. The number of pyridine rings is 1. The Morgan fingerprint density at radius 2 is 1.32 bits per heavy atom. The topological polar surface area (TPSA) is 89.0 Å². The Morgan fingerprint density at radius 1 is 0.880 bits per heavy atom. The van der Waals surface area contributed by atoms with Gasteiger partial charge in [-0.25, -0.2) is 4.98 Å². The molecular weight excluding hydrogens is 350 g/mol. The fraction of sp³-hybridized carbons (Fsp3) is 0.167. The van der Waals surface area contributed by atoms with Gasteiger partial charge in [-0.05, 0) is 48.0 Å². The lowest BCUT2D eigenvalue weighted by molar-refractivity contribution is 0.920. The van der Waals surface area contributed by atoms with E-state index in [0.717, 1.165) is 32.9 Å². The van der Waals surface area contributed by atoms with Gasteiger partial charge in [0.25, 0.3) is 0 Å². The fourth-order valence-electron chi connectivity index (χ4n) is 2.96. The summed E-state index contributed by atoms with van der Waals surface area (Å²) in [6.45, 7) is 3.19. The summed E-state index contributed by atoms with van der Waals surface area (Å²) in [6, 6.07) is 12.3. The summed E-state index contributed by atoms with van der Waals surface area (Å²) < 4.78 is 0. The van der Waals surface area contributed by atoms with E-state index >= 15 is 0 Å². The molecule has 0 aliphatic heterocycles. The highest BCUT2D eigenvalue weighted by molar-refractivity contribution is 7.80. The molecule has 6 N–H and O–H groups in total. The number of para-hydroxylation sites is 2. The van der Waals surface area contributed by atoms with Gasteiger partial charge in [-0.1, -0.05) is 36.4 Å². The number of hydrogen-bond donors (Lipinski definition) is 4. The number of rotatable bonds is 4. The highest BCUT2D eigenvalue weighted by Gasteiger charge is 2.11. The van der Waals surface area contributed by atoms with Crippen LogP contribution in [0.3, 0.4) is 0 Å². The summed E-state index contributed by atoms with van der Waals surface area (Å²) in [5.74, 6) is 0. The van der Waals surface area contributed by atoms with Crippen LogP contribution in [-0.2, 0) is 13.1 Å². The number of hydrogen-bond acceptors (Lipinski definition) is 3. The molecule has 128 valence electrons. The summed E-state index contributed by atoms with van der Waals surface area (Å²) in [7, 11) is 0. The lowest BCUT2D eigenvalue weighted by atomic mass is 9.99. The maximum atomic E-state index is 5.56. The Morgan fingerprint density at radius 3 is 1.72 bits per heavy atom. The minimum absolute atomic E-state index is 0.274. The number of nitrogens with one attached hydrogen (secondary N) is 2. The number of nitrogens with zero attached hydrogens (tertiary/aromatic N) is 1. The standard InChI is InChI=1S/C18H19N5S2/c1-10-13-6-2-4-11(8-21-17(19)24)15(13)23-16-12(9-22-18(20)25)5-3-7-14(10)16/h2-7H,8-9H2,1H3,(H3,19,21,24)(H3,20,22,25). The Balaban J connectivity index is 2.19. The average molecular weight is 370 g/mol. The third-order valence-electron chi connectivity index (χ3n) is 4.18. The van der Waals surface area contributed by atoms with Gasteiger partial charge in [0, 0.05) is 23.9 Å². The van der Waals surface area contributed by atoms with Gasteiger partial charge < -0.3 is 22.1 Å². The molecule has 0 atom stereocenters. The second-order valence-electron chi connectivity index (χ2n) is 5.80. The maximum absolute atomic E-state index is 5.56. The van der Waals surface area contributed by atoms with Gasteiger partial charge in [0.1, 0.15) is 0 Å². The quantitative estimate of drug-likeness (QED) is 0.415. The highest BCUT2D eigenvalue weighted by Crippen LogP contribution is 2.29. The van der Waals surface area contributed by atoms with Crippen molar-refractivity contribution in [3.8, 4) is 0 Å². The highest BCUT2D eigenvalue weighted by atomic mass is 32.1. The predicted octanol–water partition coefficient (Wildman–Crippen LogP) is 2.36. The van der Waals surface area contributed by atoms with Crippen molar-refractivity contribution in [2.24, 2.45) is 11.5 Å². The zero-order valence-corrected chi connectivity index (χ0v) is 15.4. The molecule has 5 nitrogen and oxygen atoms in total. The molecule has 3 rings (SSSR count). The third-order valence-corrected chi connectivity index (χ3v) is 4.47. The van der Waals surface area contributed by atoms with Crippen molar-refractivity contribution in [1.29, 1.82) is 0 Å². The van der Waals surface area contributed by atoms with Crippen LogP contribution in [0.25, 0.3) is 21.8 Å². The van der Waals surface area contributed by atoms with Gasteiger partial charge >= 0.3 is 0 Å². The molecule has 7 heteroatoms. The van der Waals surface area contributed by atoms with E-state index in [2.05, 4.69) is 29.7 Å². The van der Waals surface area contributed by atoms with Crippen LogP contribution in [0.5, 0.6) is 0 Å². The van der Waals surface area contributed by atoms with Crippen molar-refractivity contribution in [3.05, 3.63) is 53.1 Å². The van der Waals surface area contributed by atoms with E-state index in [4.69, 9.17) is 40.9 Å². The lowest BCUT2D eigenvalue weighted by Gasteiger charge is -2.14. The van der Waals surface area contributed by atoms with Crippen molar-refractivity contribution in [1.82, 2.24) is 15.6 Å². The first-order valence-electron chi connectivity index (χ1n) is 7.84. The molecule has 1 heterocycles. The average Bonchev–Trinajstić information content (AvgIpc) is 2.58. The summed E-state index contributed by atoms with van der Waals surface area (Å²) in [5, 5.41) is 8.79. The SMILES string of the molecule is Cc1c2cccc(CNC(N)=S)c2nc2c(CNC(N)=S)cccc12. The van der Waals surface area contributed by atoms with E-state index in [1.165, 1.54) is 5.56 Å². The Kier molecular flexibility index (Phi) is 4.96. The van der Waals surface area contributed by atoms with Crippen LogP contribution in [-0.4, -0.2) is 15.2 Å². The lowest BCUT2D eigenvalue weighted by Crippen LogP contribution is -2.28. The molecule has 1 aromatic heterocycles. The van der Waals surface area contributed by atoms with Gasteiger partial charge in [-0.3, -0.25) is 0 Å². The van der Waals surface area contributed by atoms with Gasteiger partial charge in [0.2, 0.25) is 0 Å². The van der Waals surface area contributed by atoms with Crippen LogP contribution in [0.15, 0.2) is 36.4 Å². The molecule has 0 saturated heterocycles. The van der Waals surface area contributed by atoms with Crippen molar-refractivity contribution in [2.45, 2.75) is 20.0 Å². The number of fused-ring (bicyclic) bond motifs is 2. The van der Waals surface area contributed by atoms with Gasteiger partial charge in [0.15, 0.2) is 10.2 Å². The predicted molar refractivity (Wildman–Crippen MR) is 111 cm³/mol. The molecule has 0 unspecified atom stereocenters. The van der Waals surface area contributed by atoms with Gasteiger partial charge in [0.05, 0.1) is 11.0 Å². The Bertz CT molecular complexity index is 908. The number of benzene rings is 2. The van der Waals surface area contributed by atoms with E-state index in [1.807, 2.05) is 24.3 Å². The van der Waals surface area contributed by atoms with Crippen LogP contribution in [0.1, 0.15) is 16.7 Å². The van der Waals surface area contributed by atoms with Crippen LogP contribution in [0, 0.1) is 6.92 Å². The largest absolute Gasteiger partial charge is 0.376 e. The minimum Gasteiger partial charge on any atom is -0.376 e. The van der Waals surface area contributed by atoms with Crippen LogP contribution in [0.4, 0.5) is 0 Å².